The molecule has 28 heavy (non-hydrogen) atoms. The first-order valence-electron chi connectivity index (χ1n) is 9.28. The van der Waals surface area contributed by atoms with Crippen LogP contribution in [-0.2, 0) is 22.6 Å². The summed E-state index contributed by atoms with van der Waals surface area (Å²) >= 11 is 0. The lowest BCUT2D eigenvalue weighted by molar-refractivity contribution is -0.132. The van der Waals surface area contributed by atoms with E-state index in [1.165, 1.54) is 6.92 Å². The number of hydrogen-bond acceptors (Lipinski definition) is 8. The molecule has 10 nitrogen and oxygen atoms in total. The van der Waals surface area contributed by atoms with Crippen LogP contribution in [0.4, 0.5) is 0 Å². The van der Waals surface area contributed by atoms with Crippen molar-refractivity contribution in [3.05, 3.63) is 29.2 Å². The van der Waals surface area contributed by atoms with Gasteiger partial charge in [0, 0.05) is 52.2 Å². The van der Waals surface area contributed by atoms with E-state index in [9.17, 15) is 9.59 Å². The van der Waals surface area contributed by atoms with Gasteiger partial charge in [-0.2, -0.15) is 4.98 Å². The van der Waals surface area contributed by atoms with Crippen molar-refractivity contribution in [1.29, 1.82) is 0 Å². The molecule has 2 aromatic heterocycles. The number of aryl methyl sites for hydroxylation is 1. The summed E-state index contributed by atoms with van der Waals surface area (Å²) < 4.78 is 15.0. The quantitative estimate of drug-likeness (QED) is 0.692. The molecule has 1 aliphatic heterocycles. The molecule has 1 fully saturated rings. The highest BCUT2D eigenvalue weighted by atomic mass is 16.5. The summed E-state index contributed by atoms with van der Waals surface area (Å²) in [6.07, 6.45) is 2.12. The zero-order chi connectivity index (χ0) is 20.1. The monoisotopic (exact) mass is 391 g/mol. The van der Waals surface area contributed by atoms with Gasteiger partial charge in [-0.15, -0.1) is 0 Å². The third kappa shape index (κ3) is 4.75. The topological polar surface area (TPSA) is 115 Å². The van der Waals surface area contributed by atoms with Crippen LogP contribution in [0.3, 0.4) is 0 Å². The van der Waals surface area contributed by atoms with Crippen molar-refractivity contribution >= 4 is 11.8 Å². The molecule has 0 bridgehead atoms. The fraction of sp³-hybridized carbons (Fsp3) is 0.611. The predicted molar refractivity (Wildman–Crippen MR) is 96.3 cm³/mol. The van der Waals surface area contributed by atoms with Gasteiger partial charge in [-0.25, -0.2) is 0 Å². The number of hydrogen-bond donors (Lipinski definition) is 0. The van der Waals surface area contributed by atoms with E-state index in [2.05, 4.69) is 15.3 Å². The second-order valence-electron chi connectivity index (χ2n) is 6.87. The number of rotatable bonds is 7. The molecular formula is C18H25N5O5. The summed E-state index contributed by atoms with van der Waals surface area (Å²) in [5.41, 5.74) is 0.296. The highest BCUT2D eigenvalue weighted by Crippen LogP contribution is 2.19. The van der Waals surface area contributed by atoms with Crippen LogP contribution in [0.25, 0.3) is 0 Å². The van der Waals surface area contributed by atoms with Gasteiger partial charge in [0.05, 0.1) is 0 Å². The molecule has 152 valence electrons. The minimum atomic E-state index is -0.174. The molecule has 0 aromatic carbocycles. The normalized spacial score (nSPS) is 17.0. The Bertz CT molecular complexity index is 817. The fourth-order valence-electron chi connectivity index (χ4n) is 3.41. The van der Waals surface area contributed by atoms with E-state index < -0.39 is 0 Å². The first-order valence-corrected chi connectivity index (χ1v) is 9.28. The van der Waals surface area contributed by atoms with Crippen molar-refractivity contribution in [1.82, 2.24) is 25.1 Å². The van der Waals surface area contributed by atoms with Crippen LogP contribution in [0.1, 0.15) is 47.7 Å². The van der Waals surface area contributed by atoms with E-state index in [0.29, 0.717) is 49.2 Å². The van der Waals surface area contributed by atoms with Gasteiger partial charge in [0.25, 0.3) is 11.8 Å². The van der Waals surface area contributed by atoms with Crippen LogP contribution in [-0.4, -0.2) is 69.7 Å². The largest absolute Gasteiger partial charge is 0.375 e. The first kappa shape index (κ1) is 20.0. The van der Waals surface area contributed by atoms with Crippen LogP contribution in [0.2, 0.25) is 0 Å². The van der Waals surface area contributed by atoms with E-state index >= 15 is 0 Å². The second-order valence-corrected chi connectivity index (χ2v) is 6.87. The highest BCUT2D eigenvalue weighted by molar-refractivity contribution is 5.92. The molecular weight excluding hydrogens is 366 g/mol. The number of methoxy groups -OCH3 is 1. The molecule has 10 heteroatoms. The molecule has 0 radical (unpaired) electrons. The summed E-state index contributed by atoms with van der Waals surface area (Å²) in [6, 6.07) is 1.57. The van der Waals surface area contributed by atoms with E-state index in [0.717, 1.165) is 12.8 Å². The molecule has 1 atom stereocenters. The van der Waals surface area contributed by atoms with Gasteiger partial charge in [0.15, 0.2) is 11.5 Å². The predicted octanol–water partition coefficient (Wildman–Crippen LogP) is 1.21. The van der Waals surface area contributed by atoms with Gasteiger partial charge < -0.3 is 23.6 Å². The van der Waals surface area contributed by atoms with Crippen LogP contribution in [0.5, 0.6) is 0 Å². The Morgan fingerprint density at radius 1 is 1.36 bits per heavy atom. The molecule has 1 saturated heterocycles. The van der Waals surface area contributed by atoms with Crippen molar-refractivity contribution in [2.75, 3.05) is 26.7 Å². The van der Waals surface area contributed by atoms with Gasteiger partial charge >= 0.3 is 0 Å². The lowest BCUT2D eigenvalue weighted by Gasteiger charge is -2.38. The summed E-state index contributed by atoms with van der Waals surface area (Å²) in [6.45, 7) is 5.09. The Kier molecular flexibility index (Phi) is 6.40. The number of carbonyl (C=O) groups is 2. The summed E-state index contributed by atoms with van der Waals surface area (Å²) in [7, 11) is 1.55. The Balaban J connectivity index is 1.62. The lowest BCUT2D eigenvalue weighted by atomic mass is 10.0. The standard InChI is InChI=1S/C18H25N5O5/c1-12-9-15(20-27-12)18(25)22-7-4-5-14(10-22)23(13(2)24)8-6-16-19-17(11-26-3)28-21-16/h9,14H,4-8,10-11H2,1-3H3. The maximum atomic E-state index is 12.7. The number of likely N-dealkylation sites (tertiary alicyclic amines) is 1. The van der Waals surface area contributed by atoms with E-state index in [1.807, 2.05) is 0 Å². The molecule has 1 unspecified atom stereocenters. The number of nitrogens with zero attached hydrogens (tertiary/aromatic N) is 5. The minimum Gasteiger partial charge on any atom is -0.375 e. The second kappa shape index (κ2) is 8.96. The van der Waals surface area contributed by atoms with Crippen LogP contribution < -0.4 is 0 Å². The van der Waals surface area contributed by atoms with Crippen LogP contribution >= 0.6 is 0 Å². The van der Waals surface area contributed by atoms with E-state index in [1.54, 1.807) is 29.9 Å². The van der Waals surface area contributed by atoms with Crippen LogP contribution in [0, 0.1) is 6.92 Å². The first-order chi connectivity index (χ1) is 13.5. The molecule has 2 aromatic rings. The third-order valence-electron chi connectivity index (χ3n) is 4.73. The van der Waals surface area contributed by atoms with Crippen molar-refractivity contribution in [3.63, 3.8) is 0 Å². The average molecular weight is 391 g/mol. The Morgan fingerprint density at radius 2 is 2.18 bits per heavy atom. The summed E-state index contributed by atoms with van der Waals surface area (Å²) in [5.74, 6) is 1.31. The third-order valence-corrected chi connectivity index (χ3v) is 4.73. The number of aromatic nitrogens is 3. The van der Waals surface area contributed by atoms with E-state index in [4.69, 9.17) is 13.8 Å². The molecule has 0 spiro atoms. The van der Waals surface area contributed by atoms with Gasteiger partial charge in [0.2, 0.25) is 5.91 Å². The Hall–Kier alpha value is -2.75. The number of amides is 2. The zero-order valence-corrected chi connectivity index (χ0v) is 16.4. The summed E-state index contributed by atoms with van der Waals surface area (Å²) in [4.78, 5) is 32.6. The molecule has 0 N–H and O–H groups in total. The number of ether oxygens (including phenoxy) is 1. The molecule has 1 aliphatic rings. The zero-order valence-electron chi connectivity index (χ0n) is 16.4. The van der Waals surface area contributed by atoms with Gasteiger partial charge in [-0.05, 0) is 19.8 Å². The van der Waals surface area contributed by atoms with Crippen molar-refractivity contribution in [2.45, 2.75) is 45.8 Å². The number of carbonyl (C=O) groups excluding carboxylic acids is 2. The summed E-state index contributed by atoms with van der Waals surface area (Å²) in [5, 5.41) is 7.71. The van der Waals surface area contributed by atoms with Crippen molar-refractivity contribution in [3.8, 4) is 0 Å². The van der Waals surface area contributed by atoms with Gasteiger partial charge in [0.1, 0.15) is 12.4 Å². The fourth-order valence-corrected chi connectivity index (χ4v) is 3.41. The van der Waals surface area contributed by atoms with Gasteiger partial charge in [-0.1, -0.05) is 10.3 Å². The molecule has 3 rings (SSSR count). The Labute approximate surface area is 162 Å². The number of piperidine rings is 1. The SMILES string of the molecule is COCc1nc(CCN(C(C)=O)C2CCCN(C(=O)c3cc(C)on3)C2)no1. The minimum absolute atomic E-state index is 0.0443. The van der Waals surface area contributed by atoms with Crippen LogP contribution in [0.15, 0.2) is 15.1 Å². The molecule has 2 amide bonds. The molecule has 0 saturated carbocycles. The molecule has 0 aliphatic carbocycles. The molecule has 3 heterocycles. The Morgan fingerprint density at radius 3 is 2.86 bits per heavy atom. The van der Waals surface area contributed by atoms with Crippen molar-refractivity contribution < 1.29 is 23.4 Å². The highest BCUT2D eigenvalue weighted by Gasteiger charge is 2.30. The van der Waals surface area contributed by atoms with Gasteiger partial charge in [-0.3, -0.25) is 9.59 Å². The van der Waals surface area contributed by atoms with E-state index in [-0.39, 0.29) is 24.5 Å². The smallest absolute Gasteiger partial charge is 0.276 e. The average Bonchev–Trinajstić information content (AvgIpc) is 3.31. The lowest BCUT2D eigenvalue weighted by Crippen LogP contribution is -2.51. The maximum absolute atomic E-state index is 12.7. The van der Waals surface area contributed by atoms with Crippen molar-refractivity contribution in [2.24, 2.45) is 0 Å². The maximum Gasteiger partial charge on any atom is 0.276 e.